The molecule has 1 aliphatic rings. The van der Waals surface area contributed by atoms with Gasteiger partial charge in [-0.05, 0) is 18.9 Å². The molecule has 0 saturated carbocycles. The largest absolute Gasteiger partial charge is 0.469 e. The fourth-order valence-corrected chi connectivity index (χ4v) is 4.10. The summed E-state index contributed by atoms with van der Waals surface area (Å²) in [6.45, 7) is 8.42. The molecule has 29 heavy (non-hydrogen) atoms. The van der Waals surface area contributed by atoms with Crippen LogP contribution in [0, 0.1) is 24.2 Å². The summed E-state index contributed by atoms with van der Waals surface area (Å²) >= 11 is 1.29. The molecule has 1 saturated heterocycles. The van der Waals surface area contributed by atoms with Crippen molar-refractivity contribution in [3.05, 3.63) is 34.7 Å². The molecule has 2 aromatic heterocycles. The third-order valence-corrected chi connectivity index (χ3v) is 5.84. The average molecular weight is 416 g/mol. The number of nitrogens with one attached hydrogen (secondary N) is 1. The van der Waals surface area contributed by atoms with E-state index in [1.54, 1.807) is 18.4 Å². The number of aryl methyl sites for hydroxylation is 1. The van der Waals surface area contributed by atoms with Crippen LogP contribution in [0.15, 0.2) is 22.1 Å². The molecular formula is C20H25N5O3S. The van der Waals surface area contributed by atoms with Gasteiger partial charge >= 0.3 is 0 Å². The Kier molecular flexibility index (Phi) is 6.67. The molecule has 0 aliphatic carbocycles. The normalized spacial score (nSPS) is 15.9. The SMILES string of the molecule is Cc1occc1C(=O)Nc1nc(CC(=O)N2CCN(C(C#N)C(C)C)CC2)cs1. The molecule has 0 bridgehead atoms. The van der Waals surface area contributed by atoms with Gasteiger partial charge in [0.25, 0.3) is 5.91 Å². The first-order chi connectivity index (χ1) is 13.9. The van der Waals surface area contributed by atoms with Gasteiger partial charge in [0.2, 0.25) is 5.91 Å². The predicted molar refractivity (Wildman–Crippen MR) is 110 cm³/mol. The van der Waals surface area contributed by atoms with Crippen LogP contribution in [0.3, 0.4) is 0 Å². The molecule has 8 nitrogen and oxygen atoms in total. The maximum atomic E-state index is 12.6. The number of thiazole rings is 1. The molecule has 9 heteroatoms. The van der Waals surface area contributed by atoms with Crippen molar-refractivity contribution in [3.63, 3.8) is 0 Å². The van der Waals surface area contributed by atoms with Gasteiger partial charge in [-0.25, -0.2) is 4.98 Å². The van der Waals surface area contributed by atoms with Crippen molar-refractivity contribution in [2.75, 3.05) is 31.5 Å². The van der Waals surface area contributed by atoms with Crippen LogP contribution in [0.2, 0.25) is 0 Å². The number of nitriles is 1. The summed E-state index contributed by atoms with van der Waals surface area (Å²) in [6, 6.07) is 3.86. The third-order valence-electron chi connectivity index (χ3n) is 5.03. The van der Waals surface area contributed by atoms with Gasteiger partial charge in [0.15, 0.2) is 5.13 Å². The molecule has 154 valence electrons. The molecule has 3 heterocycles. The van der Waals surface area contributed by atoms with Crippen LogP contribution in [0.5, 0.6) is 0 Å². The van der Waals surface area contributed by atoms with Crippen LogP contribution in [0.1, 0.15) is 35.7 Å². The molecule has 0 spiro atoms. The Hall–Kier alpha value is -2.70. The minimum Gasteiger partial charge on any atom is -0.469 e. The lowest BCUT2D eigenvalue weighted by Gasteiger charge is -2.38. The van der Waals surface area contributed by atoms with E-state index in [1.165, 1.54) is 17.6 Å². The van der Waals surface area contributed by atoms with Crippen molar-refractivity contribution in [1.82, 2.24) is 14.8 Å². The number of carbonyl (C=O) groups is 2. The number of hydrogen-bond acceptors (Lipinski definition) is 7. The molecule has 1 unspecified atom stereocenters. The van der Waals surface area contributed by atoms with Crippen molar-refractivity contribution in [2.24, 2.45) is 5.92 Å². The van der Waals surface area contributed by atoms with Gasteiger partial charge in [-0.2, -0.15) is 5.26 Å². The topological polar surface area (TPSA) is 102 Å². The zero-order chi connectivity index (χ0) is 21.0. The minimum atomic E-state index is -0.281. The Bertz CT molecular complexity index is 905. The van der Waals surface area contributed by atoms with Crippen LogP contribution >= 0.6 is 11.3 Å². The number of amides is 2. The van der Waals surface area contributed by atoms with Gasteiger partial charge in [-0.3, -0.25) is 19.8 Å². The van der Waals surface area contributed by atoms with Crippen LogP contribution in [-0.4, -0.2) is 58.8 Å². The fourth-order valence-electron chi connectivity index (χ4n) is 3.40. The summed E-state index contributed by atoms with van der Waals surface area (Å²) in [7, 11) is 0. The molecule has 1 N–H and O–H groups in total. The van der Waals surface area contributed by atoms with Gasteiger partial charge in [0.05, 0.1) is 30.0 Å². The number of carbonyl (C=O) groups excluding carboxylic acids is 2. The Morgan fingerprint density at radius 3 is 2.66 bits per heavy atom. The highest BCUT2D eigenvalue weighted by Crippen LogP contribution is 2.19. The number of rotatable bonds is 6. The van der Waals surface area contributed by atoms with Crippen LogP contribution < -0.4 is 5.32 Å². The standard InChI is InChI=1S/C20H25N5O3S/c1-13(2)17(11-21)24-5-7-25(8-6-24)18(26)10-15-12-29-20(22-15)23-19(27)16-4-9-28-14(16)3/h4,9,12-13,17H,5-8,10H2,1-3H3,(H,22,23,27). The first-order valence-electron chi connectivity index (χ1n) is 9.60. The highest BCUT2D eigenvalue weighted by atomic mass is 32.1. The first-order valence-corrected chi connectivity index (χ1v) is 10.5. The molecule has 1 atom stereocenters. The predicted octanol–water partition coefficient (Wildman–Crippen LogP) is 2.53. The second-order valence-corrected chi connectivity index (χ2v) is 8.26. The van der Waals surface area contributed by atoms with E-state index in [9.17, 15) is 14.9 Å². The maximum Gasteiger partial charge on any atom is 0.260 e. The zero-order valence-electron chi connectivity index (χ0n) is 16.8. The maximum absolute atomic E-state index is 12.6. The number of piperazine rings is 1. The zero-order valence-corrected chi connectivity index (χ0v) is 17.7. The number of furan rings is 1. The van der Waals surface area contributed by atoms with Gasteiger partial charge in [-0.1, -0.05) is 13.8 Å². The lowest BCUT2D eigenvalue weighted by Crippen LogP contribution is -2.53. The lowest BCUT2D eigenvalue weighted by atomic mass is 10.0. The van der Waals surface area contributed by atoms with Gasteiger partial charge < -0.3 is 9.32 Å². The van der Waals surface area contributed by atoms with Gasteiger partial charge in [0.1, 0.15) is 11.8 Å². The van der Waals surface area contributed by atoms with Crippen molar-refractivity contribution < 1.29 is 14.0 Å². The Morgan fingerprint density at radius 1 is 1.34 bits per heavy atom. The van der Waals surface area contributed by atoms with Crippen molar-refractivity contribution in [2.45, 2.75) is 33.2 Å². The molecule has 2 amide bonds. The van der Waals surface area contributed by atoms with E-state index in [2.05, 4.69) is 21.3 Å². The molecule has 1 fully saturated rings. The molecule has 3 rings (SSSR count). The first kappa shape index (κ1) is 21.0. The lowest BCUT2D eigenvalue weighted by molar-refractivity contribution is -0.132. The number of nitrogens with zero attached hydrogens (tertiary/aromatic N) is 4. The Morgan fingerprint density at radius 2 is 2.07 bits per heavy atom. The summed E-state index contributed by atoms with van der Waals surface area (Å²) in [4.78, 5) is 33.2. The van der Waals surface area contributed by atoms with E-state index < -0.39 is 0 Å². The third kappa shape index (κ3) is 5.02. The smallest absolute Gasteiger partial charge is 0.260 e. The van der Waals surface area contributed by atoms with Crippen molar-refractivity contribution >= 4 is 28.3 Å². The second-order valence-electron chi connectivity index (χ2n) is 7.40. The van der Waals surface area contributed by atoms with E-state index in [0.717, 1.165) is 0 Å². The quantitative estimate of drug-likeness (QED) is 0.778. The average Bonchev–Trinajstić information content (AvgIpc) is 3.31. The van der Waals surface area contributed by atoms with E-state index >= 15 is 0 Å². The van der Waals surface area contributed by atoms with E-state index in [0.29, 0.717) is 48.3 Å². The summed E-state index contributed by atoms with van der Waals surface area (Å²) in [5, 5.41) is 14.3. The summed E-state index contributed by atoms with van der Waals surface area (Å²) in [6.07, 6.45) is 1.67. The molecule has 0 aromatic carbocycles. The molecular weight excluding hydrogens is 390 g/mol. The Labute approximate surface area is 174 Å². The van der Waals surface area contributed by atoms with E-state index in [-0.39, 0.29) is 30.2 Å². The summed E-state index contributed by atoms with van der Waals surface area (Å²) < 4.78 is 5.14. The monoisotopic (exact) mass is 415 g/mol. The number of hydrogen-bond donors (Lipinski definition) is 1. The fraction of sp³-hybridized carbons (Fsp3) is 0.500. The highest BCUT2D eigenvalue weighted by molar-refractivity contribution is 7.14. The van der Waals surface area contributed by atoms with Crippen molar-refractivity contribution in [3.8, 4) is 6.07 Å². The summed E-state index contributed by atoms with van der Waals surface area (Å²) in [5.74, 6) is 0.537. The van der Waals surface area contributed by atoms with Crippen LogP contribution in [0.4, 0.5) is 5.13 Å². The van der Waals surface area contributed by atoms with E-state index in [4.69, 9.17) is 4.42 Å². The van der Waals surface area contributed by atoms with Crippen LogP contribution in [0.25, 0.3) is 0 Å². The van der Waals surface area contributed by atoms with Crippen molar-refractivity contribution in [1.29, 1.82) is 5.26 Å². The minimum absolute atomic E-state index is 0.0107. The van der Waals surface area contributed by atoms with Crippen LogP contribution in [-0.2, 0) is 11.2 Å². The number of anilines is 1. The second kappa shape index (κ2) is 9.20. The molecule has 2 aromatic rings. The van der Waals surface area contributed by atoms with Gasteiger partial charge in [0, 0.05) is 31.6 Å². The Balaban J connectivity index is 1.51. The van der Waals surface area contributed by atoms with Gasteiger partial charge in [-0.15, -0.1) is 11.3 Å². The van der Waals surface area contributed by atoms with E-state index in [1.807, 2.05) is 18.7 Å². The molecule has 1 aliphatic heterocycles. The summed E-state index contributed by atoms with van der Waals surface area (Å²) in [5.41, 5.74) is 1.10. The number of aromatic nitrogens is 1. The highest BCUT2D eigenvalue weighted by Gasteiger charge is 2.28. The molecule has 0 radical (unpaired) electrons.